The lowest BCUT2D eigenvalue weighted by Crippen LogP contribution is -2.52. The molecule has 2 atom stereocenters. The van der Waals surface area contributed by atoms with Gasteiger partial charge in [-0.2, -0.15) is 0 Å². The van der Waals surface area contributed by atoms with Crippen LogP contribution in [0.4, 0.5) is 4.79 Å². The Morgan fingerprint density at radius 2 is 1.53 bits per heavy atom. The van der Waals surface area contributed by atoms with E-state index in [1.807, 2.05) is 27.7 Å². The van der Waals surface area contributed by atoms with Gasteiger partial charge >= 0.3 is 12.0 Å². The van der Waals surface area contributed by atoms with Crippen molar-refractivity contribution in [3.8, 4) is 0 Å². The SMILES string of the molecule is CC(C)C(NC(=O)NC(C)C(C)(C)C)C(=O)O. The highest BCUT2D eigenvalue weighted by molar-refractivity contribution is 5.82. The van der Waals surface area contributed by atoms with Crippen LogP contribution in [-0.4, -0.2) is 29.2 Å². The molecular weight excluding hydrogens is 220 g/mol. The van der Waals surface area contributed by atoms with Crippen LogP contribution >= 0.6 is 0 Å². The molecule has 17 heavy (non-hydrogen) atoms. The minimum atomic E-state index is -1.02. The normalized spacial score (nSPS) is 15.2. The van der Waals surface area contributed by atoms with Gasteiger partial charge in [0.1, 0.15) is 6.04 Å². The molecule has 5 heteroatoms. The van der Waals surface area contributed by atoms with E-state index in [9.17, 15) is 9.59 Å². The van der Waals surface area contributed by atoms with E-state index in [1.165, 1.54) is 0 Å². The fraction of sp³-hybridized carbons (Fsp3) is 0.833. The van der Waals surface area contributed by atoms with Crippen LogP contribution in [0.1, 0.15) is 41.5 Å². The van der Waals surface area contributed by atoms with Crippen LogP contribution < -0.4 is 10.6 Å². The number of hydrogen-bond donors (Lipinski definition) is 3. The number of carbonyl (C=O) groups excluding carboxylic acids is 1. The molecule has 0 aliphatic heterocycles. The van der Waals surface area contributed by atoms with Crippen LogP contribution in [0, 0.1) is 11.3 Å². The number of urea groups is 1. The second kappa shape index (κ2) is 5.89. The van der Waals surface area contributed by atoms with Crippen LogP contribution in [-0.2, 0) is 4.79 Å². The highest BCUT2D eigenvalue weighted by Gasteiger charge is 2.26. The monoisotopic (exact) mass is 244 g/mol. The van der Waals surface area contributed by atoms with Crippen LogP contribution in [0.15, 0.2) is 0 Å². The molecule has 2 unspecified atom stereocenters. The van der Waals surface area contributed by atoms with E-state index < -0.39 is 18.0 Å². The van der Waals surface area contributed by atoms with Gasteiger partial charge in [0, 0.05) is 6.04 Å². The number of carboxylic acids is 1. The Bertz CT molecular complexity index is 282. The summed E-state index contributed by atoms with van der Waals surface area (Å²) in [5, 5.41) is 14.2. The summed E-state index contributed by atoms with van der Waals surface area (Å²) in [6, 6.07) is -1.33. The van der Waals surface area contributed by atoms with E-state index >= 15 is 0 Å². The van der Waals surface area contributed by atoms with Crippen molar-refractivity contribution in [3.63, 3.8) is 0 Å². The Hall–Kier alpha value is -1.26. The molecule has 0 aliphatic rings. The summed E-state index contributed by atoms with van der Waals surface area (Å²) in [6.07, 6.45) is 0. The fourth-order valence-electron chi connectivity index (χ4n) is 1.11. The third-order valence-corrected chi connectivity index (χ3v) is 2.87. The first kappa shape index (κ1) is 15.7. The number of nitrogens with one attached hydrogen (secondary N) is 2. The quantitative estimate of drug-likeness (QED) is 0.706. The lowest BCUT2D eigenvalue weighted by Gasteiger charge is -2.29. The highest BCUT2D eigenvalue weighted by Crippen LogP contribution is 2.18. The van der Waals surface area contributed by atoms with Crippen molar-refractivity contribution in [2.75, 3.05) is 0 Å². The van der Waals surface area contributed by atoms with Gasteiger partial charge in [-0.15, -0.1) is 0 Å². The van der Waals surface area contributed by atoms with E-state index in [1.54, 1.807) is 13.8 Å². The number of aliphatic carboxylic acids is 1. The van der Waals surface area contributed by atoms with Gasteiger partial charge in [-0.1, -0.05) is 34.6 Å². The molecule has 0 aromatic rings. The average Bonchev–Trinajstić information content (AvgIpc) is 2.11. The van der Waals surface area contributed by atoms with Crippen LogP contribution in [0.2, 0.25) is 0 Å². The van der Waals surface area contributed by atoms with E-state index in [0.29, 0.717) is 0 Å². The number of hydrogen-bond acceptors (Lipinski definition) is 2. The molecule has 0 fully saturated rings. The molecule has 0 rings (SSSR count). The van der Waals surface area contributed by atoms with Crippen molar-refractivity contribution in [3.05, 3.63) is 0 Å². The molecule has 3 N–H and O–H groups in total. The molecule has 0 aromatic heterocycles. The topological polar surface area (TPSA) is 78.4 Å². The molecule has 0 aromatic carbocycles. The van der Waals surface area contributed by atoms with E-state index in [0.717, 1.165) is 0 Å². The van der Waals surface area contributed by atoms with Gasteiger partial charge in [-0.25, -0.2) is 9.59 Å². The Labute approximate surface area is 103 Å². The van der Waals surface area contributed by atoms with Crippen molar-refractivity contribution < 1.29 is 14.7 Å². The number of carboxylic acid groups (broad SMARTS) is 1. The summed E-state index contributed by atoms with van der Waals surface area (Å²) in [5.74, 6) is -1.17. The fourth-order valence-corrected chi connectivity index (χ4v) is 1.11. The Kier molecular flexibility index (Phi) is 5.45. The highest BCUT2D eigenvalue weighted by atomic mass is 16.4. The molecule has 5 nitrogen and oxygen atoms in total. The summed E-state index contributed by atoms with van der Waals surface area (Å²) in [7, 11) is 0. The van der Waals surface area contributed by atoms with Crippen LogP contribution in [0.3, 0.4) is 0 Å². The smallest absolute Gasteiger partial charge is 0.326 e. The second-order valence-electron chi connectivity index (χ2n) is 5.77. The van der Waals surface area contributed by atoms with Gasteiger partial charge in [-0.05, 0) is 18.3 Å². The first-order chi connectivity index (χ1) is 7.55. The summed E-state index contributed by atoms with van der Waals surface area (Å²) in [4.78, 5) is 22.6. The molecule has 100 valence electrons. The molecule has 0 heterocycles. The summed E-state index contributed by atoms with van der Waals surface area (Å²) >= 11 is 0. The van der Waals surface area contributed by atoms with Gasteiger partial charge in [0.05, 0.1) is 0 Å². The van der Waals surface area contributed by atoms with Crippen molar-refractivity contribution >= 4 is 12.0 Å². The molecular formula is C12H24N2O3. The molecule has 2 amide bonds. The summed E-state index contributed by atoms with van der Waals surface area (Å²) in [5.41, 5.74) is -0.0616. The zero-order chi connectivity index (χ0) is 13.8. The lowest BCUT2D eigenvalue weighted by atomic mass is 9.88. The Balaban J connectivity index is 4.40. The third kappa shape index (κ3) is 5.56. The number of amides is 2. The van der Waals surface area contributed by atoms with Gasteiger partial charge in [0.2, 0.25) is 0 Å². The minimum Gasteiger partial charge on any atom is -0.480 e. The molecule has 0 saturated carbocycles. The molecule has 0 spiro atoms. The maximum atomic E-state index is 11.6. The Morgan fingerprint density at radius 3 is 1.82 bits per heavy atom. The standard InChI is InChI=1S/C12H24N2O3/c1-7(2)9(10(15)16)14-11(17)13-8(3)12(4,5)6/h7-9H,1-6H3,(H,15,16)(H2,13,14,17). The van der Waals surface area contributed by atoms with Crippen molar-refractivity contribution in [1.82, 2.24) is 10.6 Å². The summed E-state index contributed by atoms with van der Waals surface area (Å²) in [6.45, 7) is 11.4. The molecule has 0 radical (unpaired) electrons. The predicted molar refractivity (Wildman–Crippen MR) is 66.8 cm³/mol. The van der Waals surface area contributed by atoms with Gasteiger partial charge in [-0.3, -0.25) is 0 Å². The molecule has 0 aliphatic carbocycles. The first-order valence-corrected chi connectivity index (χ1v) is 5.85. The average molecular weight is 244 g/mol. The molecule has 0 saturated heterocycles. The van der Waals surface area contributed by atoms with Crippen molar-refractivity contribution in [2.24, 2.45) is 11.3 Å². The van der Waals surface area contributed by atoms with Crippen molar-refractivity contribution in [1.29, 1.82) is 0 Å². The number of rotatable bonds is 4. The van der Waals surface area contributed by atoms with E-state index in [4.69, 9.17) is 5.11 Å². The largest absolute Gasteiger partial charge is 0.480 e. The maximum Gasteiger partial charge on any atom is 0.326 e. The summed E-state index contributed by atoms with van der Waals surface area (Å²) < 4.78 is 0. The second-order valence-corrected chi connectivity index (χ2v) is 5.77. The van der Waals surface area contributed by atoms with Crippen molar-refractivity contribution in [2.45, 2.75) is 53.6 Å². The van der Waals surface area contributed by atoms with Crippen LogP contribution in [0.5, 0.6) is 0 Å². The van der Waals surface area contributed by atoms with Gasteiger partial charge in [0.25, 0.3) is 0 Å². The maximum absolute atomic E-state index is 11.6. The number of carbonyl (C=O) groups is 2. The lowest BCUT2D eigenvalue weighted by molar-refractivity contribution is -0.140. The minimum absolute atomic E-state index is 0.0379. The zero-order valence-electron chi connectivity index (χ0n) is 11.5. The first-order valence-electron chi connectivity index (χ1n) is 5.85. The van der Waals surface area contributed by atoms with Crippen LogP contribution in [0.25, 0.3) is 0 Å². The Morgan fingerprint density at radius 1 is 1.06 bits per heavy atom. The zero-order valence-corrected chi connectivity index (χ0v) is 11.5. The predicted octanol–water partition coefficient (Wildman–Crippen LogP) is 1.83. The van der Waals surface area contributed by atoms with E-state index in [-0.39, 0.29) is 17.4 Å². The molecule has 0 bridgehead atoms. The van der Waals surface area contributed by atoms with E-state index in [2.05, 4.69) is 10.6 Å². The third-order valence-electron chi connectivity index (χ3n) is 2.87. The van der Waals surface area contributed by atoms with Gasteiger partial charge in [0.15, 0.2) is 0 Å². The van der Waals surface area contributed by atoms with Gasteiger partial charge < -0.3 is 15.7 Å².